The zero-order chi connectivity index (χ0) is 62.6. The Morgan fingerprint density at radius 1 is 0.282 bits per heavy atom. The Kier molecular flexibility index (Phi) is 59.6. The van der Waals surface area contributed by atoms with Crippen molar-refractivity contribution in [3.63, 3.8) is 0 Å². The van der Waals surface area contributed by atoms with E-state index in [1.165, 1.54) is 167 Å². The first-order chi connectivity index (χ1) is 41.2. The van der Waals surface area contributed by atoms with Gasteiger partial charge in [-0.2, -0.15) is 0 Å². The summed E-state index contributed by atoms with van der Waals surface area (Å²) in [5, 5.41) is 10.5. The van der Waals surface area contributed by atoms with E-state index in [1.54, 1.807) is 0 Å². The maximum atomic E-state index is 13.0. The quantitative estimate of drug-likeness (QED) is 0.0222. The summed E-state index contributed by atoms with van der Waals surface area (Å²) in [6, 6.07) is 0. The van der Waals surface area contributed by atoms with Crippen molar-refractivity contribution in [2.75, 3.05) is 39.6 Å². The maximum absolute atomic E-state index is 13.0. The van der Waals surface area contributed by atoms with Gasteiger partial charge in [-0.1, -0.05) is 291 Å². The zero-order valence-electron chi connectivity index (χ0n) is 54.6. The second-order valence-electron chi connectivity index (χ2n) is 23.9. The molecule has 17 nitrogen and oxygen atoms in total. The van der Waals surface area contributed by atoms with Crippen LogP contribution in [0.3, 0.4) is 0 Å². The zero-order valence-corrected chi connectivity index (χ0v) is 56.4. The summed E-state index contributed by atoms with van der Waals surface area (Å²) in [4.78, 5) is 71.8. The molecule has 0 heterocycles. The number of aliphatic hydroxyl groups excluding tert-OH is 1. The molecule has 0 saturated carbocycles. The van der Waals surface area contributed by atoms with Crippen LogP contribution in [0.1, 0.15) is 342 Å². The van der Waals surface area contributed by atoms with Crippen molar-refractivity contribution in [1.82, 2.24) is 0 Å². The number of aliphatic hydroxyl groups is 1. The van der Waals surface area contributed by atoms with Crippen molar-refractivity contribution >= 4 is 39.5 Å². The second kappa shape index (κ2) is 60.9. The van der Waals surface area contributed by atoms with Crippen molar-refractivity contribution < 1.29 is 80.2 Å². The van der Waals surface area contributed by atoms with Crippen LogP contribution in [-0.4, -0.2) is 96.7 Å². The maximum Gasteiger partial charge on any atom is 0.472 e. The van der Waals surface area contributed by atoms with Crippen LogP contribution in [0.5, 0.6) is 0 Å². The molecule has 0 aromatic rings. The summed E-state index contributed by atoms with van der Waals surface area (Å²) in [5.74, 6) is -2.15. The summed E-state index contributed by atoms with van der Waals surface area (Å²) in [6.07, 6.45) is 48.2. The number of phosphoric acid groups is 2. The van der Waals surface area contributed by atoms with Gasteiger partial charge in [0.1, 0.15) is 19.3 Å². The van der Waals surface area contributed by atoms with Gasteiger partial charge >= 0.3 is 39.5 Å². The Morgan fingerprint density at radius 2 is 0.471 bits per heavy atom. The molecule has 0 aromatic heterocycles. The minimum atomic E-state index is -4.94. The van der Waals surface area contributed by atoms with Gasteiger partial charge in [0, 0.05) is 25.7 Å². The first-order valence-corrected chi connectivity index (χ1v) is 37.8. The van der Waals surface area contributed by atoms with Crippen LogP contribution in [0.15, 0.2) is 0 Å². The van der Waals surface area contributed by atoms with Gasteiger partial charge in [-0.15, -0.1) is 0 Å². The van der Waals surface area contributed by atoms with Gasteiger partial charge in [-0.3, -0.25) is 37.3 Å². The molecule has 3 N–H and O–H groups in total. The van der Waals surface area contributed by atoms with Crippen molar-refractivity contribution in [3.8, 4) is 0 Å². The number of unbranched alkanes of at least 4 members (excludes halogenated alkanes) is 41. The van der Waals surface area contributed by atoms with Gasteiger partial charge in [0.25, 0.3) is 0 Å². The Bertz CT molecular complexity index is 1640. The van der Waals surface area contributed by atoms with Gasteiger partial charge in [0.2, 0.25) is 0 Å². The van der Waals surface area contributed by atoms with Gasteiger partial charge in [-0.25, -0.2) is 9.13 Å². The summed E-state index contributed by atoms with van der Waals surface area (Å²) in [7, 11) is -9.87. The van der Waals surface area contributed by atoms with E-state index in [4.69, 9.17) is 37.0 Å². The fraction of sp³-hybridized carbons (Fsp3) is 0.939. The van der Waals surface area contributed by atoms with Crippen LogP contribution in [0.2, 0.25) is 0 Å². The minimum Gasteiger partial charge on any atom is -0.462 e. The molecule has 0 amide bonds. The third-order valence-electron chi connectivity index (χ3n) is 15.4. The minimum absolute atomic E-state index is 0.0993. The molecule has 0 aliphatic rings. The van der Waals surface area contributed by atoms with E-state index >= 15 is 0 Å². The van der Waals surface area contributed by atoms with Gasteiger partial charge in [0.15, 0.2) is 12.2 Å². The fourth-order valence-electron chi connectivity index (χ4n) is 9.99. The number of hydrogen-bond acceptors (Lipinski definition) is 15. The van der Waals surface area contributed by atoms with Crippen molar-refractivity contribution in [2.24, 2.45) is 0 Å². The van der Waals surface area contributed by atoms with Crippen LogP contribution < -0.4 is 0 Å². The molecule has 0 rings (SSSR count). The molecule has 19 heteroatoms. The van der Waals surface area contributed by atoms with Crippen molar-refractivity contribution in [1.29, 1.82) is 0 Å². The van der Waals surface area contributed by atoms with E-state index in [2.05, 4.69) is 27.7 Å². The van der Waals surface area contributed by atoms with Crippen molar-refractivity contribution in [2.45, 2.75) is 361 Å². The van der Waals surface area contributed by atoms with Gasteiger partial charge < -0.3 is 33.8 Å². The molecule has 504 valence electrons. The van der Waals surface area contributed by atoms with E-state index in [1.807, 2.05) is 0 Å². The lowest BCUT2D eigenvalue weighted by atomic mass is 10.0. The second-order valence-corrected chi connectivity index (χ2v) is 26.8. The van der Waals surface area contributed by atoms with Crippen LogP contribution >= 0.6 is 15.6 Å². The van der Waals surface area contributed by atoms with E-state index in [-0.39, 0.29) is 25.7 Å². The molecule has 0 saturated heterocycles. The number of rotatable bonds is 67. The average Bonchev–Trinajstić information content (AvgIpc) is 3.54. The van der Waals surface area contributed by atoms with E-state index in [9.17, 15) is 43.2 Å². The molecule has 0 aliphatic heterocycles. The summed E-state index contributed by atoms with van der Waals surface area (Å²) < 4.78 is 67.6. The van der Waals surface area contributed by atoms with E-state index in [0.29, 0.717) is 25.7 Å². The number of ether oxygens (including phenoxy) is 4. The summed E-state index contributed by atoms with van der Waals surface area (Å²) in [6.45, 7) is 4.73. The topological polar surface area (TPSA) is 237 Å². The van der Waals surface area contributed by atoms with Crippen LogP contribution in [0.4, 0.5) is 0 Å². The SMILES string of the molecule is CCCCCCCCCCCCCCCCCCCCCC(=O)O[C@H](COC(=O)CCCCCCCCCCCCCCCCCC)COP(=O)(O)OC[C@@H](O)COP(=O)(O)OC[C@@H](COC(=O)CCCCCCC)OC(=O)CCCCCCC. The van der Waals surface area contributed by atoms with E-state index < -0.39 is 97.5 Å². The number of esters is 4. The number of phosphoric ester groups is 2. The highest BCUT2D eigenvalue weighted by atomic mass is 31.2. The standard InChI is InChI=1S/C66H128O17P2/c1-5-9-13-17-19-21-23-25-27-29-30-31-33-35-37-39-41-45-49-53-66(71)83-62(57-77-64(69)51-47-44-40-38-36-34-32-28-26-24-22-20-18-14-10-6-2)59-81-85(74,75)79-55-60(67)54-78-84(72,73)80-58-61(82-65(70)52-48-43-16-12-8-4)56-76-63(68)50-46-42-15-11-7-3/h60-62,67H,5-59H2,1-4H3,(H,72,73)(H,74,75)/t60-,61+,62+/m0/s1. The predicted octanol–water partition coefficient (Wildman–Crippen LogP) is 18.7. The highest BCUT2D eigenvalue weighted by Gasteiger charge is 2.30. The van der Waals surface area contributed by atoms with Gasteiger partial charge in [0.05, 0.1) is 26.4 Å². The highest BCUT2D eigenvalue weighted by Crippen LogP contribution is 2.45. The lowest BCUT2D eigenvalue weighted by Gasteiger charge is -2.21. The average molecular weight is 1260 g/mol. The molecule has 0 aliphatic carbocycles. The van der Waals surface area contributed by atoms with Crippen LogP contribution in [0, 0.1) is 0 Å². The Hall–Kier alpha value is -1.94. The largest absolute Gasteiger partial charge is 0.472 e. The number of carbonyl (C=O) groups is 4. The smallest absolute Gasteiger partial charge is 0.462 e. The van der Waals surface area contributed by atoms with Crippen LogP contribution in [0.25, 0.3) is 0 Å². The molecule has 0 spiro atoms. The lowest BCUT2D eigenvalue weighted by molar-refractivity contribution is -0.161. The first-order valence-electron chi connectivity index (χ1n) is 34.8. The molecular weight excluding hydrogens is 1130 g/mol. The lowest BCUT2D eigenvalue weighted by Crippen LogP contribution is -2.30. The summed E-state index contributed by atoms with van der Waals surface area (Å²) in [5.41, 5.74) is 0. The number of carbonyl (C=O) groups excluding carboxylic acids is 4. The molecule has 85 heavy (non-hydrogen) atoms. The Morgan fingerprint density at radius 3 is 0.694 bits per heavy atom. The number of hydrogen-bond donors (Lipinski definition) is 3. The highest BCUT2D eigenvalue weighted by molar-refractivity contribution is 7.47. The van der Waals surface area contributed by atoms with Gasteiger partial charge in [-0.05, 0) is 25.7 Å². The van der Waals surface area contributed by atoms with Crippen molar-refractivity contribution in [3.05, 3.63) is 0 Å². The fourth-order valence-corrected chi connectivity index (χ4v) is 11.6. The molecule has 5 atom stereocenters. The molecule has 0 bridgehead atoms. The molecule has 2 unspecified atom stereocenters. The molecule has 0 aromatic carbocycles. The third-order valence-corrected chi connectivity index (χ3v) is 17.3. The molecule has 0 radical (unpaired) electrons. The Labute approximate surface area is 517 Å². The monoisotopic (exact) mass is 1250 g/mol. The normalized spacial score (nSPS) is 14.1. The summed E-state index contributed by atoms with van der Waals surface area (Å²) >= 11 is 0. The predicted molar refractivity (Wildman–Crippen MR) is 340 cm³/mol. The molecular formula is C66H128O17P2. The molecule has 0 fully saturated rings. The van der Waals surface area contributed by atoms with Crippen LogP contribution in [-0.2, 0) is 65.4 Å². The Balaban J connectivity index is 5.06. The van der Waals surface area contributed by atoms with E-state index in [0.717, 1.165) is 96.3 Å². The third kappa shape index (κ3) is 60.7. The first kappa shape index (κ1) is 83.1.